The Labute approximate surface area is 167 Å². The molecule has 2 N–H and O–H groups in total. The summed E-state index contributed by atoms with van der Waals surface area (Å²) in [4.78, 5) is 0.368. The first-order valence-electron chi connectivity index (χ1n) is 9.35. The Hall–Kier alpha value is -1.74. The van der Waals surface area contributed by atoms with Crippen LogP contribution < -0.4 is 9.44 Å². The predicted octanol–water partition coefficient (Wildman–Crippen LogP) is 2.87. The Bertz CT molecular complexity index is 929. The van der Waals surface area contributed by atoms with Crippen molar-refractivity contribution in [1.29, 1.82) is 0 Å². The lowest BCUT2D eigenvalue weighted by molar-refractivity contribution is 0.340. The molecule has 2 aromatic rings. The molecule has 152 valence electrons. The van der Waals surface area contributed by atoms with Crippen LogP contribution in [-0.2, 0) is 20.0 Å². The van der Waals surface area contributed by atoms with Crippen molar-refractivity contribution in [3.05, 3.63) is 59.7 Å². The molecule has 1 aliphatic rings. The molecule has 1 saturated carbocycles. The fraction of sp³-hybridized carbons (Fsp3) is 0.400. The molecule has 6 nitrogen and oxygen atoms in total. The highest BCUT2D eigenvalue weighted by molar-refractivity contribution is 7.90. The van der Waals surface area contributed by atoms with Crippen LogP contribution in [0, 0.1) is 13.8 Å². The van der Waals surface area contributed by atoms with E-state index in [1.54, 1.807) is 48.5 Å². The quantitative estimate of drug-likeness (QED) is 0.749. The third kappa shape index (κ3) is 5.00. The summed E-state index contributed by atoms with van der Waals surface area (Å²) in [5.41, 5.74) is 1.95. The molecular formula is C20H26N2O4S2. The van der Waals surface area contributed by atoms with Crippen molar-refractivity contribution in [1.82, 2.24) is 9.44 Å². The summed E-state index contributed by atoms with van der Waals surface area (Å²) in [5.74, 6) is 0. The second-order valence-corrected chi connectivity index (χ2v) is 10.8. The Morgan fingerprint density at radius 2 is 0.964 bits per heavy atom. The lowest BCUT2D eigenvalue weighted by Gasteiger charge is -2.32. The molecule has 0 bridgehead atoms. The zero-order chi connectivity index (χ0) is 20.4. The number of aryl methyl sites for hydroxylation is 2. The molecule has 28 heavy (non-hydrogen) atoms. The molecule has 0 radical (unpaired) electrons. The normalized spacial score (nSPS) is 20.8. The van der Waals surface area contributed by atoms with E-state index < -0.39 is 32.1 Å². The second kappa shape index (κ2) is 8.32. The van der Waals surface area contributed by atoms with Gasteiger partial charge in [-0.15, -0.1) is 0 Å². The van der Waals surface area contributed by atoms with Gasteiger partial charge in [-0.05, 0) is 51.0 Å². The van der Waals surface area contributed by atoms with E-state index in [1.807, 2.05) is 13.8 Å². The van der Waals surface area contributed by atoms with E-state index in [9.17, 15) is 16.8 Å². The highest BCUT2D eigenvalue weighted by atomic mass is 32.2. The summed E-state index contributed by atoms with van der Waals surface area (Å²) in [7, 11) is -7.44. The summed E-state index contributed by atoms with van der Waals surface area (Å²) in [5, 5.41) is 0. The number of hydrogen-bond donors (Lipinski definition) is 2. The van der Waals surface area contributed by atoms with Crippen molar-refractivity contribution in [3.8, 4) is 0 Å². The molecule has 8 heteroatoms. The lowest BCUT2D eigenvalue weighted by Crippen LogP contribution is -2.52. The van der Waals surface area contributed by atoms with Crippen molar-refractivity contribution in [2.24, 2.45) is 0 Å². The van der Waals surface area contributed by atoms with Crippen LogP contribution in [0.2, 0.25) is 0 Å². The predicted molar refractivity (Wildman–Crippen MR) is 109 cm³/mol. The Balaban J connectivity index is 1.78. The minimum Gasteiger partial charge on any atom is -0.207 e. The summed E-state index contributed by atoms with van der Waals surface area (Å²) < 4.78 is 56.4. The van der Waals surface area contributed by atoms with Crippen LogP contribution in [0.4, 0.5) is 0 Å². The molecule has 3 rings (SSSR count). The number of hydrogen-bond acceptors (Lipinski definition) is 4. The lowest BCUT2D eigenvalue weighted by atomic mass is 9.92. The summed E-state index contributed by atoms with van der Waals surface area (Å²) >= 11 is 0. The molecule has 0 aromatic heterocycles. The van der Waals surface area contributed by atoms with Gasteiger partial charge in [-0.3, -0.25) is 0 Å². The average Bonchev–Trinajstić information content (AvgIpc) is 2.64. The zero-order valence-corrected chi connectivity index (χ0v) is 17.7. The molecule has 2 atom stereocenters. The minimum absolute atomic E-state index is 0.184. The van der Waals surface area contributed by atoms with E-state index >= 15 is 0 Å². The molecule has 1 aliphatic carbocycles. The van der Waals surface area contributed by atoms with E-state index in [-0.39, 0.29) is 9.79 Å². The topological polar surface area (TPSA) is 92.3 Å². The van der Waals surface area contributed by atoms with E-state index in [4.69, 9.17) is 0 Å². The number of nitrogens with one attached hydrogen (secondary N) is 2. The maximum absolute atomic E-state index is 12.7. The first kappa shape index (κ1) is 21.0. The molecule has 1 fully saturated rings. The van der Waals surface area contributed by atoms with Crippen molar-refractivity contribution in [2.45, 2.75) is 61.4 Å². The largest absolute Gasteiger partial charge is 0.240 e. The molecule has 2 unspecified atom stereocenters. The first-order chi connectivity index (χ1) is 13.2. The Morgan fingerprint density at radius 3 is 1.29 bits per heavy atom. The van der Waals surface area contributed by atoms with Gasteiger partial charge in [0.1, 0.15) is 0 Å². The van der Waals surface area contributed by atoms with Crippen LogP contribution in [-0.4, -0.2) is 28.9 Å². The smallest absolute Gasteiger partial charge is 0.207 e. The summed E-state index contributed by atoms with van der Waals surface area (Å²) in [6, 6.07) is 12.2. The fourth-order valence-electron chi connectivity index (χ4n) is 3.38. The van der Waals surface area contributed by atoms with Crippen LogP contribution >= 0.6 is 0 Å². The number of benzene rings is 2. The van der Waals surface area contributed by atoms with Gasteiger partial charge in [0.25, 0.3) is 0 Å². The van der Waals surface area contributed by atoms with Gasteiger partial charge in [-0.1, -0.05) is 48.2 Å². The van der Waals surface area contributed by atoms with Gasteiger partial charge >= 0.3 is 0 Å². The van der Waals surface area contributed by atoms with E-state index in [0.717, 1.165) is 24.0 Å². The van der Waals surface area contributed by atoms with Gasteiger partial charge in [-0.25, -0.2) is 26.3 Å². The van der Waals surface area contributed by atoms with Crippen LogP contribution in [0.3, 0.4) is 0 Å². The minimum atomic E-state index is -3.72. The fourth-order valence-corrected chi connectivity index (χ4v) is 6.00. The van der Waals surface area contributed by atoms with Crippen molar-refractivity contribution >= 4 is 20.0 Å². The molecule has 0 heterocycles. The van der Waals surface area contributed by atoms with E-state index in [0.29, 0.717) is 12.8 Å². The third-order valence-corrected chi connectivity index (χ3v) is 8.05. The third-order valence-electron chi connectivity index (χ3n) is 5.04. The van der Waals surface area contributed by atoms with Crippen LogP contribution in [0.15, 0.2) is 58.3 Å². The van der Waals surface area contributed by atoms with Crippen molar-refractivity contribution in [3.63, 3.8) is 0 Å². The van der Waals surface area contributed by atoms with E-state index in [2.05, 4.69) is 9.44 Å². The van der Waals surface area contributed by atoms with Crippen molar-refractivity contribution in [2.75, 3.05) is 0 Å². The van der Waals surface area contributed by atoms with Crippen molar-refractivity contribution < 1.29 is 16.8 Å². The van der Waals surface area contributed by atoms with Gasteiger partial charge in [-0.2, -0.15) is 0 Å². The molecule has 0 spiro atoms. The molecule has 0 aliphatic heterocycles. The van der Waals surface area contributed by atoms with E-state index in [1.165, 1.54) is 0 Å². The highest BCUT2D eigenvalue weighted by Crippen LogP contribution is 2.23. The van der Waals surface area contributed by atoms with Gasteiger partial charge < -0.3 is 0 Å². The SMILES string of the molecule is Cc1ccc(S(=O)(=O)NC2CCCCC2NS(=O)(=O)c2ccc(C)cc2)cc1. The zero-order valence-electron chi connectivity index (χ0n) is 16.1. The Kier molecular flexibility index (Phi) is 6.24. The van der Waals surface area contributed by atoms with Crippen LogP contribution in [0.5, 0.6) is 0 Å². The van der Waals surface area contributed by atoms with Gasteiger partial charge in [0.15, 0.2) is 0 Å². The summed E-state index contributed by atoms with van der Waals surface area (Å²) in [6.45, 7) is 3.78. The van der Waals surface area contributed by atoms with Gasteiger partial charge in [0.05, 0.1) is 9.79 Å². The van der Waals surface area contributed by atoms with Crippen LogP contribution in [0.1, 0.15) is 36.8 Å². The highest BCUT2D eigenvalue weighted by Gasteiger charge is 2.32. The average molecular weight is 423 g/mol. The second-order valence-electron chi connectivity index (χ2n) is 7.37. The molecule has 0 amide bonds. The standard InChI is InChI=1S/C20H26N2O4S2/c1-15-7-11-17(12-8-15)27(23,24)21-19-5-3-4-6-20(19)22-28(25,26)18-13-9-16(2)10-14-18/h7-14,19-22H,3-6H2,1-2H3. The van der Waals surface area contributed by atoms with Crippen LogP contribution in [0.25, 0.3) is 0 Å². The molecule has 0 saturated heterocycles. The summed E-state index contributed by atoms with van der Waals surface area (Å²) in [6.07, 6.45) is 2.88. The number of sulfonamides is 2. The molecular weight excluding hydrogens is 396 g/mol. The number of rotatable bonds is 6. The Morgan fingerprint density at radius 1 is 0.643 bits per heavy atom. The maximum atomic E-state index is 12.7. The first-order valence-corrected chi connectivity index (χ1v) is 12.3. The molecule has 2 aromatic carbocycles. The maximum Gasteiger partial charge on any atom is 0.240 e. The van der Waals surface area contributed by atoms with Gasteiger partial charge in [0.2, 0.25) is 20.0 Å². The monoisotopic (exact) mass is 422 g/mol. The van der Waals surface area contributed by atoms with Gasteiger partial charge in [0, 0.05) is 12.1 Å².